The Morgan fingerprint density at radius 1 is 1.42 bits per heavy atom. The lowest BCUT2D eigenvalue weighted by Gasteiger charge is -2.29. The second-order valence-corrected chi connectivity index (χ2v) is 5.43. The number of likely N-dealkylation sites (N-methyl/N-ethyl adjacent to an activating group) is 1. The van der Waals surface area contributed by atoms with Crippen LogP contribution in [-0.2, 0) is 11.3 Å². The molecule has 1 aliphatic heterocycles. The van der Waals surface area contributed by atoms with Gasteiger partial charge in [0.15, 0.2) is 0 Å². The molecule has 0 radical (unpaired) electrons. The molecule has 1 aliphatic rings. The molecule has 0 amide bonds. The highest BCUT2D eigenvalue weighted by Crippen LogP contribution is 2.26. The summed E-state index contributed by atoms with van der Waals surface area (Å²) in [5, 5.41) is 3.38. The molecule has 2 rings (SSSR count). The Hall–Kier alpha value is -1.06. The molecule has 0 spiro atoms. The summed E-state index contributed by atoms with van der Waals surface area (Å²) < 4.78 is 5.66. The lowest BCUT2D eigenvalue weighted by molar-refractivity contribution is 0.118. The number of anilines is 1. The summed E-state index contributed by atoms with van der Waals surface area (Å²) in [6.07, 6.45) is 1.45. The van der Waals surface area contributed by atoms with Crippen LogP contribution in [0.4, 0.5) is 5.69 Å². The third-order valence-corrected chi connectivity index (χ3v) is 4.13. The molecule has 1 aromatic rings. The minimum atomic E-state index is 0.326. The maximum atomic E-state index is 5.66. The van der Waals surface area contributed by atoms with Crippen LogP contribution in [0.1, 0.15) is 31.4 Å². The first kappa shape index (κ1) is 14.4. The Kier molecular flexibility index (Phi) is 4.83. The predicted molar refractivity (Wildman–Crippen MR) is 80.8 cm³/mol. The normalized spacial score (nSPS) is 22.7. The number of benzene rings is 1. The van der Waals surface area contributed by atoms with Crippen molar-refractivity contribution < 1.29 is 4.74 Å². The molecule has 1 N–H and O–H groups in total. The fourth-order valence-corrected chi connectivity index (χ4v) is 2.78. The molecule has 19 heavy (non-hydrogen) atoms. The van der Waals surface area contributed by atoms with Crippen molar-refractivity contribution in [1.82, 2.24) is 5.32 Å². The van der Waals surface area contributed by atoms with Crippen LogP contribution >= 0.6 is 0 Å². The van der Waals surface area contributed by atoms with Crippen molar-refractivity contribution in [3.63, 3.8) is 0 Å². The van der Waals surface area contributed by atoms with Crippen LogP contribution in [0.3, 0.4) is 0 Å². The monoisotopic (exact) mass is 262 g/mol. The Labute approximate surface area is 116 Å². The Morgan fingerprint density at radius 3 is 2.79 bits per heavy atom. The van der Waals surface area contributed by atoms with Gasteiger partial charge < -0.3 is 15.0 Å². The number of aryl methyl sites for hydroxylation is 1. The van der Waals surface area contributed by atoms with E-state index in [-0.39, 0.29) is 0 Å². The maximum Gasteiger partial charge on any atom is 0.0750 e. The molecule has 3 nitrogen and oxygen atoms in total. The van der Waals surface area contributed by atoms with Crippen LogP contribution in [0.5, 0.6) is 0 Å². The van der Waals surface area contributed by atoms with E-state index in [4.69, 9.17) is 4.74 Å². The molecule has 0 bridgehead atoms. The third-order valence-electron chi connectivity index (χ3n) is 4.13. The van der Waals surface area contributed by atoms with Crippen molar-refractivity contribution in [1.29, 1.82) is 0 Å². The van der Waals surface area contributed by atoms with E-state index in [1.807, 2.05) is 0 Å². The molecule has 1 saturated heterocycles. The number of rotatable bonds is 5. The van der Waals surface area contributed by atoms with Gasteiger partial charge in [0.25, 0.3) is 0 Å². The Bertz CT molecular complexity index is 419. The molecule has 2 atom stereocenters. The first-order chi connectivity index (χ1) is 9.13. The van der Waals surface area contributed by atoms with Gasteiger partial charge in [0.05, 0.1) is 12.1 Å². The summed E-state index contributed by atoms with van der Waals surface area (Å²) in [5.41, 5.74) is 4.03. The largest absolute Gasteiger partial charge is 0.376 e. The topological polar surface area (TPSA) is 24.5 Å². The highest BCUT2D eigenvalue weighted by molar-refractivity contribution is 5.51. The summed E-state index contributed by atoms with van der Waals surface area (Å²) in [4.78, 5) is 2.36. The molecule has 1 fully saturated rings. The lowest BCUT2D eigenvalue weighted by atomic mass is 10.1. The van der Waals surface area contributed by atoms with Gasteiger partial charge >= 0.3 is 0 Å². The van der Waals surface area contributed by atoms with Crippen LogP contribution < -0.4 is 10.2 Å². The van der Waals surface area contributed by atoms with Gasteiger partial charge in [-0.2, -0.15) is 0 Å². The summed E-state index contributed by atoms with van der Waals surface area (Å²) >= 11 is 0. The fraction of sp³-hybridized carbons (Fsp3) is 0.625. The van der Waals surface area contributed by atoms with Crippen LogP contribution in [0, 0.1) is 6.92 Å². The molecule has 2 unspecified atom stereocenters. The number of ether oxygens (including phenoxy) is 1. The van der Waals surface area contributed by atoms with E-state index in [0.29, 0.717) is 12.1 Å². The van der Waals surface area contributed by atoms with Crippen molar-refractivity contribution in [3.8, 4) is 0 Å². The van der Waals surface area contributed by atoms with Crippen LogP contribution in [0.15, 0.2) is 18.2 Å². The number of nitrogens with one attached hydrogen (secondary N) is 1. The van der Waals surface area contributed by atoms with E-state index in [1.165, 1.54) is 16.8 Å². The van der Waals surface area contributed by atoms with Crippen LogP contribution in [-0.4, -0.2) is 32.3 Å². The zero-order chi connectivity index (χ0) is 13.8. The summed E-state index contributed by atoms with van der Waals surface area (Å²) in [6.45, 7) is 9.35. The minimum Gasteiger partial charge on any atom is -0.376 e. The van der Waals surface area contributed by atoms with Crippen molar-refractivity contribution in [2.75, 3.05) is 25.1 Å². The van der Waals surface area contributed by atoms with Crippen molar-refractivity contribution in [3.05, 3.63) is 29.3 Å². The standard InChI is InChI=1S/C16H26N2O/c1-5-17-11-14-6-7-15(10-12(14)2)18(4)16-8-9-19-13(16)3/h6-7,10,13,16-17H,5,8-9,11H2,1-4H3. The smallest absolute Gasteiger partial charge is 0.0750 e. The molecule has 1 aromatic carbocycles. The fourth-order valence-electron chi connectivity index (χ4n) is 2.78. The number of hydrogen-bond donors (Lipinski definition) is 1. The third kappa shape index (κ3) is 3.28. The molecule has 106 valence electrons. The summed E-state index contributed by atoms with van der Waals surface area (Å²) in [6, 6.07) is 7.26. The van der Waals surface area contributed by atoms with E-state index in [0.717, 1.165) is 26.1 Å². The summed E-state index contributed by atoms with van der Waals surface area (Å²) in [5.74, 6) is 0. The average molecular weight is 262 g/mol. The molecule has 0 aromatic heterocycles. The van der Waals surface area contributed by atoms with E-state index in [2.05, 4.69) is 56.2 Å². The summed E-state index contributed by atoms with van der Waals surface area (Å²) in [7, 11) is 2.18. The first-order valence-corrected chi connectivity index (χ1v) is 7.28. The molecule has 1 heterocycles. The van der Waals surface area contributed by atoms with Gasteiger partial charge in [-0.1, -0.05) is 13.0 Å². The Balaban J connectivity index is 2.10. The van der Waals surface area contributed by atoms with Gasteiger partial charge in [-0.05, 0) is 50.1 Å². The quantitative estimate of drug-likeness (QED) is 0.883. The Morgan fingerprint density at radius 2 is 2.21 bits per heavy atom. The van der Waals surface area contributed by atoms with Gasteiger partial charge in [0.2, 0.25) is 0 Å². The van der Waals surface area contributed by atoms with Crippen LogP contribution in [0.2, 0.25) is 0 Å². The van der Waals surface area contributed by atoms with Gasteiger partial charge in [0, 0.05) is 25.9 Å². The van der Waals surface area contributed by atoms with Crippen molar-refractivity contribution in [2.24, 2.45) is 0 Å². The van der Waals surface area contributed by atoms with E-state index in [9.17, 15) is 0 Å². The van der Waals surface area contributed by atoms with Crippen LogP contribution in [0.25, 0.3) is 0 Å². The molecule has 0 saturated carbocycles. The van der Waals surface area contributed by atoms with Gasteiger partial charge in [-0.3, -0.25) is 0 Å². The van der Waals surface area contributed by atoms with Crippen molar-refractivity contribution in [2.45, 2.75) is 45.9 Å². The average Bonchev–Trinajstić information content (AvgIpc) is 2.82. The molecule has 0 aliphatic carbocycles. The minimum absolute atomic E-state index is 0.326. The van der Waals surface area contributed by atoms with Crippen molar-refractivity contribution >= 4 is 5.69 Å². The molecular weight excluding hydrogens is 236 g/mol. The van der Waals surface area contributed by atoms with E-state index in [1.54, 1.807) is 0 Å². The van der Waals surface area contributed by atoms with Gasteiger partial charge in [-0.15, -0.1) is 0 Å². The number of nitrogens with zero attached hydrogens (tertiary/aromatic N) is 1. The first-order valence-electron chi connectivity index (χ1n) is 7.28. The zero-order valence-corrected chi connectivity index (χ0v) is 12.6. The zero-order valence-electron chi connectivity index (χ0n) is 12.6. The highest BCUT2D eigenvalue weighted by Gasteiger charge is 2.28. The van der Waals surface area contributed by atoms with Gasteiger partial charge in [0.1, 0.15) is 0 Å². The predicted octanol–water partition coefficient (Wildman–Crippen LogP) is 2.72. The molecule has 3 heteroatoms. The lowest BCUT2D eigenvalue weighted by Crippen LogP contribution is -2.36. The highest BCUT2D eigenvalue weighted by atomic mass is 16.5. The molecular formula is C16H26N2O. The maximum absolute atomic E-state index is 5.66. The van der Waals surface area contributed by atoms with Gasteiger partial charge in [-0.25, -0.2) is 0 Å². The second kappa shape index (κ2) is 6.40. The second-order valence-electron chi connectivity index (χ2n) is 5.43. The SMILES string of the molecule is CCNCc1ccc(N(C)C2CCOC2C)cc1C. The van der Waals surface area contributed by atoms with E-state index >= 15 is 0 Å². The van der Waals surface area contributed by atoms with E-state index < -0.39 is 0 Å². The number of hydrogen-bond acceptors (Lipinski definition) is 3.